The Balaban J connectivity index is 1.62. The van der Waals surface area contributed by atoms with Gasteiger partial charge < -0.3 is 4.74 Å². The maximum atomic E-state index is 12.8. The Bertz CT molecular complexity index is 975. The lowest BCUT2D eigenvalue weighted by atomic mass is 9.84. The summed E-state index contributed by atoms with van der Waals surface area (Å²) in [4.78, 5) is 16.7. The highest BCUT2D eigenvalue weighted by molar-refractivity contribution is 7.97. The van der Waals surface area contributed by atoms with Crippen LogP contribution in [0.1, 0.15) is 43.7 Å². The van der Waals surface area contributed by atoms with Crippen molar-refractivity contribution < 1.29 is 9.53 Å². The molecule has 4 rings (SSSR count). The number of carbonyl (C=O) groups excluding carboxylic acids is 1. The summed E-state index contributed by atoms with van der Waals surface area (Å²) >= 11 is 0. The van der Waals surface area contributed by atoms with Crippen molar-refractivity contribution in [2.24, 2.45) is 5.41 Å². The monoisotopic (exact) mass is 431 g/mol. The predicted molar refractivity (Wildman–Crippen MR) is 128 cm³/mol. The minimum Gasteiger partial charge on any atom is -0.485 e. The fraction of sp³-hybridized carbons (Fsp3) is 0.321. The summed E-state index contributed by atoms with van der Waals surface area (Å²) in [5.74, 6) is 1.09. The van der Waals surface area contributed by atoms with Crippen LogP contribution in [0.4, 0.5) is 0 Å². The number of Topliss-reactive ketones (excluding diaryl/α,β-unsaturated/α-hetero) is 1. The van der Waals surface area contributed by atoms with Crippen LogP contribution < -0.4 is 4.74 Å². The third kappa shape index (κ3) is 4.72. The molecule has 3 heteroatoms. The Morgan fingerprint density at radius 3 is 1.81 bits per heavy atom. The molecule has 160 valence electrons. The number of rotatable bonds is 7. The van der Waals surface area contributed by atoms with Gasteiger partial charge in [0.25, 0.3) is 0 Å². The van der Waals surface area contributed by atoms with Crippen molar-refractivity contribution in [3.63, 3.8) is 0 Å². The van der Waals surface area contributed by atoms with Gasteiger partial charge in [0.1, 0.15) is 12.4 Å². The predicted octanol–water partition coefficient (Wildman–Crippen LogP) is 6.93. The van der Waals surface area contributed by atoms with Crippen molar-refractivity contribution in [3.8, 4) is 5.75 Å². The second kappa shape index (κ2) is 9.32. The molecule has 1 aliphatic carbocycles. The molecular formula is C28H31O2S+. The molecule has 0 bridgehead atoms. The Morgan fingerprint density at radius 2 is 1.32 bits per heavy atom. The number of hydrogen-bond acceptors (Lipinski definition) is 2. The Kier molecular flexibility index (Phi) is 6.52. The van der Waals surface area contributed by atoms with Crippen LogP contribution in [0.15, 0.2) is 87.5 Å². The fourth-order valence-corrected chi connectivity index (χ4v) is 6.79. The van der Waals surface area contributed by atoms with Gasteiger partial charge in [-0.1, -0.05) is 56.2 Å². The van der Waals surface area contributed by atoms with Crippen molar-refractivity contribution in [2.75, 3.05) is 6.61 Å². The van der Waals surface area contributed by atoms with Crippen LogP contribution in [0.2, 0.25) is 0 Å². The van der Waals surface area contributed by atoms with E-state index in [4.69, 9.17) is 4.74 Å². The van der Waals surface area contributed by atoms with Gasteiger partial charge in [-0.25, -0.2) is 0 Å². The Labute approximate surface area is 189 Å². The highest BCUT2D eigenvalue weighted by Gasteiger charge is 2.36. The maximum absolute atomic E-state index is 12.8. The minimum atomic E-state index is -0.200. The van der Waals surface area contributed by atoms with Gasteiger partial charge in [0.2, 0.25) is 0 Å². The highest BCUT2D eigenvalue weighted by atomic mass is 32.2. The van der Waals surface area contributed by atoms with Crippen LogP contribution in [0, 0.1) is 19.3 Å². The summed E-state index contributed by atoms with van der Waals surface area (Å²) in [6.07, 6.45) is 4.28. The summed E-state index contributed by atoms with van der Waals surface area (Å²) in [6, 6.07) is 25.8. The van der Waals surface area contributed by atoms with Gasteiger partial charge >= 0.3 is 0 Å². The van der Waals surface area contributed by atoms with E-state index in [1.807, 2.05) is 0 Å². The second-order valence-electron chi connectivity index (χ2n) is 8.80. The first-order chi connectivity index (χ1) is 15.0. The van der Waals surface area contributed by atoms with Gasteiger partial charge in [-0.05, 0) is 62.1 Å². The van der Waals surface area contributed by atoms with Crippen LogP contribution >= 0.6 is 0 Å². The van der Waals surface area contributed by atoms with Gasteiger partial charge in [-0.2, -0.15) is 0 Å². The van der Waals surface area contributed by atoms with E-state index in [-0.39, 0.29) is 28.7 Å². The van der Waals surface area contributed by atoms with Gasteiger partial charge in [0, 0.05) is 17.5 Å². The number of ether oxygens (including phenoxy) is 1. The van der Waals surface area contributed by atoms with E-state index in [1.165, 1.54) is 14.7 Å². The first-order valence-electron chi connectivity index (χ1n) is 11.1. The van der Waals surface area contributed by atoms with Crippen molar-refractivity contribution in [3.05, 3.63) is 83.9 Å². The Morgan fingerprint density at radius 1 is 0.839 bits per heavy atom. The smallest absolute Gasteiger partial charge is 0.176 e. The summed E-state index contributed by atoms with van der Waals surface area (Å²) < 4.78 is 6.11. The molecule has 1 aliphatic rings. The Hall–Kier alpha value is -2.52. The molecule has 31 heavy (non-hydrogen) atoms. The molecular weight excluding hydrogens is 400 g/mol. The molecule has 1 fully saturated rings. The first-order valence-corrected chi connectivity index (χ1v) is 12.3. The standard InChI is InChI=1S/C28H31O2S/c1-21-18-25(31(23-12-6-4-7-13-23)24-14-8-5-9-15-24)19-22(2)27(21)30-20-26(29)28(3)16-10-11-17-28/h4-9,12-15,18-19H,10-11,16-17,20H2,1-3H3/q+1. The SMILES string of the molecule is Cc1cc([S+](c2ccccc2)c2ccccc2)cc(C)c1OCC(=O)C1(C)CCCC1. The molecule has 3 aromatic rings. The van der Waals surface area contributed by atoms with E-state index >= 15 is 0 Å². The molecule has 0 amide bonds. The maximum Gasteiger partial charge on any atom is 0.176 e. The van der Waals surface area contributed by atoms with E-state index in [0.29, 0.717) is 0 Å². The molecule has 3 aromatic carbocycles. The van der Waals surface area contributed by atoms with Crippen molar-refractivity contribution >= 4 is 16.7 Å². The zero-order chi connectivity index (χ0) is 21.8. The fourth-order valence-electron chi connectivity index (χ4n) is 4.52. The van der Waals surface area contributed by atoms with Crippen LogP contribution in [-0.4, -0.2) is 12.4 Å². The summed E-state index contributed by atoms with van der Waals surface area (Å²) in [5, 5.41) is 0. The molecule has 0 radical (unpaired) electrons. The lowest BCUT2D eigenvalue weighted by Crippen LogP contribution is -2.29. The molecule has 0 unspecified atom stereocenters. The normalized spacial score (nSPS) is 15.2. The second-order valence-corrected chi connectivity index (χ2v) is 10.8. The van der Waals surface area contributed by atoms with E-state index < -0.39 is 0 Å². The third-order valence-electron chi connectivity index (χ3n) is 6.36. The minimum absolute atomic E-state index is 0.167. The average Bonchev–Trinajstić information content (AvgIpc) is 3.23. The molecule has 0 spiro atoms. The molecule has 0 aliphatic heterocycles. The number of aryl methyl sites for hydroxylation is 2. The van der Waals surface area contributed by atoms with E-state index in [1.54, 1.807) is 0 Å². The number of carbonyl (C=O) groups is 1. The number of ketones is 1. The van der Waals surface area contributed by atoms with E-state index in [9.17, 15) is 4.79 Å². The van der Waals surface area contributed by atoms with Crippen LogP contribution in [0.25, 0.3) is 0 Å². The number of hydrogen-bond donors (Lipinski definition) is 0. The highest BCUT2D eigenvalue weighted by Crippen LogP contribution is 2.39. The van der Waals surface area contributed by atoms with Crippen LogP contribution in [0.3, 0.4) is 0 Å². The molecule has 0 atom stereocenters. The van der Waals surface area contributed by atoms with Gasteiger partial charge in [-0.15, -0.1) is 0 Å². The lowest BCUT2D eigenvalue weighted by Gasteiger charge is -2.22. The molecule has 1 saturated carbocycles. The largest absolute Gasteiger partial charge is 0.485 e. The van der Waals surface area contributed by atoms with Crippen molar-refractivity contribution in [1.82, 2.24) is 0 Å². The zero-order valence-corrected chi connectivity index (χ0v) is 19.5. The summed E-state index contributed by atoms with van der Waals surface area (Å²) in [7, 11) is -0.187. The first kappa shape index (κ1) is 21.7. The zero-order valence-electron chi connectivity index (χ0n) is 18.7. The average molecular weight is 432 g/mol. The van der Waals surface area contributed by atoms with Gasteiger partial charge in [0.05, 0.1) is 10.9 Å². The van der Waals surface area contributed by atoms with Crippen molar-refractivity contribution in [1.29, 1.82) is 0 Å². The molecule has 2 nitrogen and oxygen atoms in total. The molecule has 0 aromatic heterocycles. The van der Waals surface area contributed by atoms with Crippen LogP contribution in [-0.2, 0) is 15.7 Å². The topological polar surface area (TPSA) is 26.3 Å². The molecule has 0 saturated heterocycles. The number of benzene rings is 3. The third-order valence-corrected chi connectivity index (χ3v) is 8.55. The molecule has 0 N–H and O–H groups in total. The summed E-state index contributed by atoms with van der Waals surface area (Å²) in [6.45, 7) is 6.44. The van der Waals surface area contributed by atoms with E-state index in [2.05, 4.69) is 93.6 Å². The lowest BCUT2D eigenvalue weighted by molar-refractivity contribution is -0.129. The molecule has 0 heterocycles. The quantitative estimate of drug-likeness (QED) is 0.379. The van der Waals surface area contributed by atoms with Gasteiger partial charge in [0.15, 0.2) is 20.5 Å². The summed E-state index contributed by atoms with van der Waals surface area (Å²) in [5.41, 5.74) is 1.97. The van der Waals surface area contributed by atoms with Crippen molar-refractivity contribution in [2.45, 2.75) is 61.1 Å². The van der Waals surface area contributed by atoms with Gasteiger partial charge in [-0.3, -0.25) is 4.79 Å². The van der Waals surface area contributed by atoms with Crippen LogP contribution in [0.5, 0.6) is 5.75 Å². The van der Waals surface area contributed by atoms with E-state index in [0.717, 1.165) is 42.6 Å².